The Morgan fingerprint density at radius 1 is 1.28 bits per heavy atom. The van der Waals surface area contributed by atoms with Gasteiger partial charge < -0.3 is 4.74 Å². The molecule has 0 fully saturated rings. The molecule has 1 aromatic heterocycles. The van der Waals surface area contributed by atoms with Crippen LogP contribution in [0.2, 0.25) is 0 Å². The van der Waals surface area contributed by atoms with E-state index in [9.17, 15) is 10.1 Å². The normalized spacial score (nSPS) is 10.1. The van der Waals surface area contributed by atoms with Crippen LogP contribution in [0.25, 0.3) is 0 Å². The van der Waals surface area contributed by atoms with E-state index in [2.05, 4.69) is 9.97 Å². The first-order chi connectivity index (χ1) is 8.58. The minimum atomic E-state index is -0.460. The Labute approximate surface area is 103 Å². The van der Waals surface area contributed by atoms with Crippen LogP contribution in [0.1, 0.15) is 11.3 Å². The topological polar surface area (TPSA) is 78.2 Å². The molecule has 0 spiro atoms. The van der Waals surface area contributed by atoms with Crippen molar-refractivity contribution in [2.24, 2.45) is 0 Å². The van der Waals surface area contributed by atoms with Gasteiger partial charge in [0, 0.05) is 17.3 Å². The quantitative estimate of drug-likeness (QED) is 0.613. The number of hydrogen-bond donors (Lipinski definition) is 0. The summed E-state index contributed by atoms with van der Waals surface area (Å²) in [5.74, 6) is 0.467. The summed E-state index contributed by atoms with van der Waals surface area (Å²) < 4.78 is 5.44. The van der Waals surface area contributed by atoms with E-state index < -0.39 is 4.92 Å². The molecule has 6 nitrogen and oxygen atoms in total. The van der Waals surface area contributed by atoms with Gasteiger partial charge in [0.25, 0.3) is 0 Å². The number of nitro benzene ring substituents is 1. The predicted octanol–water partition coefficient (Wildman–Crippen LogP) is 2.79. The Bertz CT molecular complexity index is 599. The van der Waals surface area contributed by atoms with Crippen molar-refractivity contribution < 1.29 is 9.66 Å². The summed E-state index contributed by atoms with van der Waals surface area (Å²) in [6, 6.07) is 6.52. The van der Waals surface area contributed by atoms with Gasteiger partial charge in [0.1, 0.15) is 6.33 Å². The Kier molecular flexibility index (Phi) is 3.18. The molecule has 0 aliphatic rings. The number of aryl methyl sites for hydroxylation is 2. The molecule has 92 valence electrons. The summed E-state index contributed by atoms with van der Waals surface area (Å²) in [5.41, 5.74) is 1.23. The van der Waals surface area contributed by atoms with Gasteiger partial charge in [-0.25, -0.2) is 9.97 Å². The lowest BCUT2D eigenvalue weighted by atomic mass is 10.2. The maximum absolute atomic E-state index is 11.0. The lowest BCUT2D eigenvalue weighted by Crippen LogP contribution is -1.97. The number of rotatable bonds is 3. The molecule has 2 aromatic rings. The van der Waals surface area contributed by atoms with Crippen LogP contribution in [0.5, 0.6) is 11.6 Å². The fourth-order valence-corrected chi connectivity index (χ4v) is 1.55. The van der Waals surface area contributed by atoms with E-state index in [0.717, 1.165) is 5.69 Å². The zero-order chi connectivity index (χ0) is 13.1. The number of ether oxygens (including phenoxy) is 1. The number of benzene rings is 1. The number of aromatic nitrogens is 2. The molecule has 6 heteroatoms. The lowest BCUT2D eigenvalue weighted by molar-refractivity contribution is -0.386. The average Bonchev–Trinajstić information content (AvgIpc) is 2.28. The van der Waals surface area contributed by atoms with Crippen molar-refractivity contribution in [3.05, 3.63) is 52.0 Å². The highest BCUT2D eigenvalue weighted by Gasteiger charge is 2.19. The van der Waals surface area contributed by atoms with Crippen LogP contribution < -0.4 is 4.74 Å². The van der Waals surface area contributed by atoms with Crippen LogP contribution in [0.3, 0.4) is 0 Å². The molecule has 0 aliphatic carbocycles. The summed E-state index contributed by atoms with van der Waals surface area (Å²) in [6.45, 7) is 3.45. The second-order valence-corrected chi connectivity index (χ2v) is 3.78. The Morgan fingerprint density at radius 2 is 2.06 bits per heavy atom. The van der Waals surface area contributed by atoms with E-state index in [0.29, 0.717) is 5.56 Å². The standard InChI is InChI=1S/C12H11N3O3/c1-8-4-3-5-10(12(8)15(16)17)18-11-6-9(2)13-7-14-11/h3-7H,1-2H3. The van der Waals surface area contributed by atoms with Gasteiger partial charge >= 0.3 is 5.69 Å². The molecule has 1 aromatic carbocycles. The van der Waals surface area contributed by atoms with Crippen LogP contribution in [0.4, 0.5) is 5.69 Å². The van der Waals surface area contributed by atoms with Gasteiger partial charge in [-0.05, 0) is 19.9 Å². The van der Waals surface area contributed by atoms with E-state index >= 15 is 0 Å². The first kappa shape index (κ1) is 12.0. The van der Waals surface area contributed by atoms with Crippen molar-refractivity contribution in [1.82, 2.24) is 9.97 Å². The van der Waals surface area contributed by atoms with Gasteiger partial charge in [0.05, 0.1) is 4.92 Å². The highest BCUT2D eigenvalue weighted by molar-refractivity contribution is 5.53. The molecule has 0 amide bonds. The first-order valence-corrected chi connectivity index (χ1v) is 5.28. The molecule has 0 saturated heterocycles. The molecule has 0 bridgehead atoms. The van der Waals surface area contributed by atoms with E-state index in [-0.39, 0.29) is 17.3 Å². The van der Waals surface area contributed by atoms with Crippen molar-refractivity contribution in [2.75, 3.05) is 0 Å². The lowest BCUT2D eigenvalue weighted by Gasteiger charge is -2.06. The van der Waals surface area contributed by atoms with Gasteiger partial charge in [-0.15, -0.1) is 0 Å². The van der Waals surface area contributed by atoms with Crippen molar-refractivity contribution >= 4 is 5.69 Å². The minimum absolute atomic E-state index is 0.0474. The van der Waals surface area contributed by atoms with Crippen LogP contribution in [0.15, 0.2) is 30.6 Å². The summed E-state index contributed by atoms with van der Waals surface area (Å²) in [4.78, 5) is 18.4. The smallest absolute Gasteiger partial charge is 0.314 e. The first-order valence-electron chi connectivity index (χ1n) is 5.28. The maximum atomic E-state index is 11.0. The van der Waals surface area contributed by atoms with Gasteiger partial charge in [-0.1, -0.05) is 12.1 Å². The molecule has 0 N–H and O–H groups in total. The van der Waals surface area contributed by atoms with Crippen LogP contribution >= 0.6 is 0 Å². The zero-order valence-electron chi connectivity index (χ0n) is 9.95. The van der Waals surface area contributed by atoms with E-state index in [1.807, 2.05) is 0 Å². The second-order valence-electron chi connectivity index (χ2n) is 3.78. The fourth-order valence-electron chi connectivity index (χ4n) is 1.55. The highest BCUT2D eigenvalue weighted by Crippen LogP contribution is 2.33. The third-order valence-corrected chi connectivity index (χ3v) is 2.38. The molecule has 0 saturated carbocycles. The van der Waals surface area contributed by atoms with Crippen molar-refractivity contribution in [3.63, 3.8) is 0 Å². The Morgan fingerprint density at radius 3 is 2.72 bits per heavy atom. The summed E-state index contributed by atoms with van der Waals surface area (Å²) in [7, 11) is 0. The molecular weight excluding hydrogens is 234 g/mol. The van der Waals surface area contributed by atoms with E-state index in [1.165, 1.54) is 6.33 Å². The van der Waals surface area contributed by atoms with Crippen LogP contribution in [0, 0.1) is 24.0 Å². The SMILES string of the molecule is Cc1cc(Oc2cccc(C)c2[N+](=O)[O-])ncn1. The summed E-state index contributed by atoms with van der Waals surface area (Å²) in [5, 5.41) is 11.0. The molecule has 0 unspecified atom stereocenters. The zero-order valence-corrected chi connectivity index (χ0v) is 9.95. The van der Waals surface area contributed by atoms with Crippen molar-refractivity contribution in [1.29, 1.82) is 0 Å². The maximum Gasteiger partial charge on any atom is 0.314 e. The Balaban J connectivity index is 2.40. The highest BCUT2D eigenvalue weighted by atomic mass is 16.6. The summed E-state index contributed by atoms with van der Waals surface area (Å²) >= 11 is 0. The van der Waals surface area contributed by atoms with Crippen molar-refractivity contribution in [3.8, 4) is 11.6 Å². The Hall–Kier alpha value is -2.50. The molecule has 18 heavy (non-hydrogen) atoms. The number of nitrogens with zero attached hydrogens (tertiary/aromatic N) is 3. The van der Waals surface area contributed by atoms with Gasteiger partial charge in [0.2, 0.25) is 11.6 Å². The van der Waals surface area contributed by atoms with Crippen LogP contribution in [-0.4, -0.2) is 14.9 Å². The van der Waals surface area contributed by atoms with Crippen LogP contribution in [-0.2, 0) is 0 Å². The predicted molar refractivity (Wildman–Crippen MR) is 64.7 cm³/mol. The monoisotopic (exact) mass is 245 g/mol. The van der Waals surface area contributed by atoms with E-state index in [1.54, 1.807) is 38.1 Å². The third-order valence-electron chi connectivity index (χ3n) is 2.38. The number of para-hydroxylation sites is 1. The molecule has 0 aliphatic heterocycles. The van der Waals surface area contributed by atoms with Gasteiger partial charge in [0.15, 0.2) is 0 Å². The molecular formula is C12H11N3O3. The molecule has 0 radical (unpaired) electrons. The van der Waals surface area contributed by atoms with Gasteiger partial charge in [-0.2, -0.15) is 0 Å². The largest absolute Gasteiger partial charge is 0.432 e. The summed E-state index contributed by atoms with van der Waals surface area (Å²) in [6.07, 6.45) is 1.35. The molecule has 0 atom stereocenters. The molecule has 2 rings (SSSR count). The molecule has 1 heterocycles. The fraction of sp³-hybridized carbons (Fsp3) is 0.167. The van der Waals surface area contributed by atoms with E-state index in [4.69, 9.17) is 4.74 Å². The second kappa shape index (κ2) is 4.79. The minimum Gasteiger partial charge on any atom is -0.432 e. The number of nitro groups is 1. The number of hydrogen-bond acceptors (Lipinski definition) is 5. The van der Waals surface area contributed by atoms with Crippen molar-refractivity contribution in [2.45, 2.75) is 13.8 Å². The van der Waals surface area contributed by atoms with Gasteiger partial charge in [-0.3, -0.25) is 10.1 Å². The third kappa shape index (κ3) is 2.42. The average molecular weight is 245 g/mol.